The predicted molar refractivity (Wildman–Crippen MR) is 41.0 cm³/mol. The smallest absolute Gasteiger partial charge is 0.219 e. The average Bonchev–Trinajstić information content (AvgIpc) is 2.01. The second kappa shape index (κ2) is 2.50. The van der Waals surface area contributed by atoms with Crippen LogP contribution in [0.2, 0.25) is 0 Å². The Morgan fingerprint density at radius 1 is 1.58 bits per heavy atom. The number of aromatic nitrogens is 1. The van der Waals surface area contributed by atoms with Gasteiger partial charge in [-0.1, -0.05) is 0 Å². The number of halogens is 1. The number of hydrogen-bond acceptors (Lipinski definition) is 3. The Kier molecular flexibility index (Phi) is 1.59. The molecule has 3 nitrogen and oxygen atoms in total. The van der Waals surface area contributed by atoms with Crippen molar-refractivity contribution in [3.05, 3.63) is 29.8 Å². The van der Waals surface area contributed by atoms with Crippen LogP contribution in [0.1, 0.15) is 5.56 Å². The number of nitrogens with one attached hydrogen (secondary N) is 1. The number of hydrogen-bond donors (Lipinski definition) is 2. The van der Waals surface area contributed by atoms with Crippen molar-refractivity contribution in [2.24, 2.45) is 0 Å². The van der Waals surface area contributed by atoms with Crippen LogP contribution in [0.5, 0.6) is 0 Å². The van der Waals surface area contributed by atoms with Crippen LogP contribution >= 0.6 is 0 Å². The molecule has 0 amide bonds. The van der Waals surface area contributed by atoms with Crippen LogP contribution < -0.4 is 5.32 Å². The maximum absolute atomic E-state index is 13.0. The van der Waals surface area contributed by atoms with Crippen molar-refractivity contribution in [2.45, 2.75) is 5.60 Å². The fraction of sp³-hybridized carbons (Fsp3) is 0.375. The van der Waals surface area contributed by atoms with E-state index in [0.717, 1.165) is 0 Å². The molecule has 0 radical (unpaired) electrons. The van der Waals surface area contributed by atoms with Gasteiger partial charge in [-0.2, -0.15) is 4.39 Å². The Morgan fingerprint density at radius 3 is 2.83 bits per heavy atom. The summed E-state index contributed by atoms with van der Waals surface area (Å²) in [5.41, 5.74) is -0.762. The van der Waals surface area contributed by atoms with Crippen molar-refractivity contribution in [1.29, 1.82) is 0 Å². The highest BCUT2D eigenvalue weighted by atomic mass is 19.1. The molecule has 2 rings (SSSR count). The van der Waals surface area contributed by atoms with Gasteiger partial charge in [-0.3, -0.25) is 0 Å². The lowest BCUT2D eigenvalue weighted by Crippen LogP contribution is -2.57. The monoisotopic (exact) mass is 168 g/mol. The molecule has 1 saturated heterocycles. The third kappa shape index (κ3) is 1.00. The predicted octanol–water partition coefficient (Wildman–Crippen LogP) is 0.0115. The summed E-state index contributed by atoms with van der Waals surface area (Å²) in [5, 5.41) is 12.6. The Morgan fingerprint density at radius 2 is 2.33 bits per heavy atom. The summed E-state index contributed by atoms with van der Waals surface area (Å²) in [5.74, 6) is -0.582. The zero-order valence-electron chi connectivity index (χ0n) is 6.42. The van der Waals surface area contributed by atoms with E-state index in [0.29, 0.717) is 13.1 Å². The van der Waals surface area contributed by atoms with E-state index in [1.54, 1.807) is 12.1 Å². The molecule has 1 aliphatic rings. The fourth-order valence-corrected chi connectivity index (χ4v) is 1.29. The molecule has 1 aliphatic heterocycles. The summed E-state index contributed by atoms with van der Waals surface area (Å²) in [7, 11) is 0. The topological polar surface area (TPSA) is 45.2 Å². The van der Waals surface area contributed by atoms with Crippen LogP contribution in [0.15, 0.2) is 18.3 Å². The molecular weight excluding hydrogens is 159 g/mol. The minimum atomic E-state index is -1.04. The summed E-state index contributed by atoms with van der Waals surface area (Å²) >= 11 is 0. The summed E-state index contributed by atoms with van der Waals surface area (Å²) < 4.78 is 13.0. The van der Waals surface area contributed by atoms with Gasteiger partial charge in [0.15, 0.2) is 0 Å². The van der Waals surface area contributed by atoms with Crippen LogP contribution in [0.3, 0.4) is 0 Å². The molecule has 1 fully saturated rings. The second-order valence-electron chi connectivity index (χ2n) is 2.98. The van der Waals surface area contributed by atoms with Crippen molar-refractivity contribution >= 4 is 0 Å². The molecule has 1 aromatic rings. The highest BCUT2D eigenvalue weighted by Gasteiger charge is 2.38. The van der Waals surface area contributed by atoms with Gasteiger partial charge in [-0.05, 0) is 12.1 Å². The van der Waals surface area contributed by atoms with E-state index < -0.39 is 11.5 Å². The van der Waals surface area contributed by atoms with Crippen LogP contribution in [0.25, 0.3) is 0 Å². The molecule has 2 N–H and O–H groups in total. The Hall–Kier alpha value is -1.00. The van der Waals surface area contributed by atoms with Crippen molar-refractivity contribution in [3.8, 4) is 0 Å². The largest absolute Gasteiger partial charge is 0.382 e. The molecule has 0 spiro atoms. The fourth-order valence-electron chi connectivity index (χ4n) is 1.29. The van der Waals surface area contributed by atoms with Gasteiger partial charge < -0.3 is 10.4 Å². The first-order chi connectivity index (χ1) is 5.72. The lowest BCUT2D eigenvalue weighted by Gasteiger charge is -2.37. The summed E-state index contributed by atoms with van der Waals surface area (Å²) in [4.78, 5) is 3.47. The maximum Gasteiger partial charge on any atom is 0.219 e. The Labute approximate surface area is 69.2 Å². The van der Waals surface area contributed by atoms with Crippen molar-refractivity contribution in [2.75, 3.05) is 13.1 Å². The van der Waals surface area contributed by atoms with Gasteiger partial charge in [-0.25, -0.2) is 4.98 Å². The highest BCUT2D eigenvalue weighted by Crippen LogP contribution is 2.25. The molecule has 12 heavy (non-hydrogen) atoms. The molecule has 1 aromatic heterocycles. The maximum atomic E-state index is 13.0. The molecule has 0 aliphatic carbocycles. The van der Waals surface area contributed by atoms with Gasteiger partial charge in [0, 0.05) is 24.8 Å². The van der Waals surface area contributed by atoms with Gasteiger partial charge in [0.2, 0.25) is 5.95 Å². The number of aliphatic hydroxyl groups is 1. The quantitative estimate of drug-likeness (QED) is 0.581. The molecule has 0 aromatic carbocycles. The third-order valence-electron chi connectivity index (χ3n) is 2.10. The standard InChI is InChI=1S/C8H9FN2O/c9-7-6(2-1-3-11-7)8(12)4-10-5-8/h1-3,10,12H,4-5H2. The first-order valence-electron chi connectivity index (χ1n) is 3.76. The lowest BCUT2D eigenvalue weighted by molar-refractivity contribution is -0.0182. The molecule has 4 heteroatoms. The van der Waals surface area contributed by atoms with E-state index in [-0.39, 0.29) is 5.56 Å². The van der Waals surface area contributed by atoms with Gasteiger partial charge in [0.1, 0.15) is 5.60 Å². The highest BCUT2D eigenvalue weighted by molar-refractivity contribution is 5.23. The summed E-state index contributed by atoms with van der Waals surface area (Å²) in [6, 6.07) is 3.18. The zero-order valence-corrected chi connectivity index (χ0v) is 6.42. The van der Waals surface area contributed by atoms with Crippen LogP contribution in [-0.2, 0) is 5.60 Å². The Bertz CT molecular complexity index is 299. The average molecular weight is 168 g/mol. The first-order valence-corrected chi connectivity index (χ1v) is 3.76. The van der Waals surface area contributed by atoms with E-state index >= 15 is 0 Å². The van der Waals surface area contributed by atoms with E-state index in [1.807, 2.05) is 0 Å². The van der Waals surface area contributed by atoms with Crippen LogP contribution in [-0.4, -0.2) is 23.2 Å². The molecule has 0 unspecified atom stereocenters. The molecule has 0 atom stereocenters. The van der Waals surface area contributed by atoms with Crippen molar-refractivity contribution in [3.63, 3.8) is 0 Å². The molecule has 0 saturated carbocycles. The molecule has 0 bridgehead atoms. The number of nitrogens with zero attached hydrogens (tertiary/aromatic N) is 1. The minimum Gasteiger partial charge on any atom is -0.382 e. The minimum absolute atomic E-state index is 0.281. The third-order valence-corrected chi connectivity index (χ3v) is 2.10. The zero-order chi connectivity index (χ0) is 8.60. The Balaban J connectivity index is 2.39. The van der Waals surface area contributed by atoms with E-state index in [2.05, 4.69) is 10.3 Å². The van der Waals surface area contributed by atoms with E-state index in [9.17, 15) is 9.50 Å². The number of β-amino-alcohol motifs (C(OH)–C–C–N with tert-alkyl or cyclic N) is 1. The number of rotatable bonds is 1. The lowest BCUT2D eigenvalue weighted by atomic mass is 9.89. The van der Waals surface area contributed by atoms with Gasteiger partial charge >= 0.3 is 0 Å². The molecular formula is C8H9FN2O. The first kappa shape index (κ1) is 7.64. The van der Waals surface area contributed by atoms with Gasteiger partial charge in [-0.15, -0.1) is 0 Å². The molecule has 64 valence electrons. The van der Waals surface area contributed by atoms with Crippen LogP contribution in [0.4, 0.5) is 4.39 Å². The molecule has 2 heterocycles. The van der Waals surface area contributed by atoms with Crippen LogP contribution in [0, 0.1) is 5.95 Å². The van der Waals surface area contributed by atoms with Gasteiger partial charge in [0.05, 0.1) is 0 Å². The SMILES string of the molecule is OC1(c2cccnc2F)CNC1. The van der Waals surface area contributed by atoms with E-state index in [1.165, 1.54) is 6.20 Å². The number of pyridine rings is 1. The second-order valence-corrected chi connectivity index (χ2v) is 2.98. The normalized spacial score (nSPS) is 20.2. The van der Waals surface area contributed by atoms with Crippen molar-refractivity contribution in [1.82, 2.24) is 10.3 Å². The van der Waals surface area contributed by atoms with E-state index in [4.69, 9.17) is 0 Å². The summed E-state index contributed by atoms with van der Waals surface area (Å²) in [6.45, 7) is 0.797. The summed E-state index contributed by atoms with van der Waals surface area (Å²) in [6.07, 6.45) is 1.37. The van der Waals surface area contributed by atoms with Gasteiger partial charge in [0.25, 0.3) is 0 Å². The van der Waals surface area contributed by atoms with Crippen molar-refractivity contribution < 1.29 is 9.50 Å².